The molecule has 1 saturated heterocycles. The number of aromatic amines is 1. The first-order chi connectivity index (χ1) is 19.5. The first kappa shape index (κ1) is 24.6. The number of aromatic nitrogens is 1. The molecule has 7 rings (SSSR count). The summed E-state index contributed by atoms with van der Waals surface area (Å²) in [6.07, 6.45) is 5.98. The molecule has 2 N–H and O–H groups in total. The first-order valence-corrected chi connectivity index (χ1v) is 14.2. The molecule has 40 heavy (non-hydrogen) atoms. The lowest BCUT2D eigenvalue weighted by Gasteiger charge is -2.36. The van der Waals surface area contributed by atoms with Crippen LogP contribution in [-0.4, -0.2) is 39.8 Å². The van der Waals surface area contributed by atoms with Gasteiger partial charge in [0, 0.05) is 34.6 Å². The molecule has 3 aromatic carbocycles. The Bertz CT molecular complexity index is 1630. The molecule has 4 aromatic rings. The summed E-state index contributed by atoms with van der Waals surface area (Å²) in [4.78, 5) is 47.5. The van der Waals surface area contributed by atoms with Crippen LogP contribution in [0.2, 0.25) is 0 Å². The third-order valence-corrected chi connectivity index (χ3v) is 8.86. The number of nitrogens with one attached hydrogen (secondary N) is 2. The van der Waals surface area contributed by atoms with Crippen molar-refractivity contribution in [2.75, 3.05) is 4.90 Å². The standard InChI is InChI=1S/C33H32N4O3/c1-20-9-5-6-12-24(20)30-29-26(25-13-7-8-14-27(25)35-29)19-28-32(39)36(33(40)37(28)30)23-17-15-21(16-18-23)31(38)34-22-10-3-2-4-11-22/h5-9,12-18,22,28,30,35H,2-4,10-11,19H2,1H3,(H,34,38). The maximum Gasteiger partial charge on any atom is 0.332 e. The van der Waals surface area contributed by atoms with Crippen molar-refractivity contribution in [2.45, 2.75) is 63.6 Å². The molecule has 3 aliphatic rings. The summed E-state index contributed by atoms with van der Waals surface area (Å²) in [5, 5.41) is 4.22. The second-order valence-electron chi connectivity index (χ2n) is 11.3. The lowest BCUT2D eigenvalue weighted by Crippen LogP contribution is -2.44. The smallest absolute Gasteiger partial charge is 0.332 e. The molecule has 0 bridgehead atoms. The van der Waals surface area contributed by atoms with Crippen molar-refractivity contribution in [3.05, 3.63) is 101 Å². The van der Waals surface area contributed by atoms with Gasteiger partial charge in [0.2, 0.25) is 0 Å². The molecule has 1 aromatic heterocycles. The number of hydrogen-bond acceptors (Lipinski definition) is 3. The number of anilines is 1. The minimum atomic E-state index is -0.613. The molecule has 1 saturated carbocycles. The Kier molecular flexibility index (Phi) is 5.95. The lowest BCUT2D eigenvalue weighted by atomic mass is 9.87. The molecule has 2 fully saturated rings. The van der Waals surface area contributed by atoms with Crippen molar-refractivity contribution in [2.24, 2.45) is 0 Å². The Hall–Kier alpha value is -4.39. The highest BCUT2D eigenvalue weighted by Crippen LogP contribution is 2.45. The average molecular weight is 533 g/mol. The summed E-state index contributed by atoms with van der Waals surface area (Å²) in [6.45, 7) is 2.04. The van der Waals surface area contributed by atoms with E-state index in [1.807, 2.05) is 49.4 Å². The summed E-state index contributed by atoms with van der Waals surface area (Å²) in [6, 6.07) is 21.8. The first-order valence-electron chi connectivity index (χ1n) is 14.2. The average Bonchev–Trinajstić information content (AvgIpc) is 3.47. The Labute approximate surface area is 233 Å². The van der Waals surface area contributed by atoms with Crippen LogP contribution in [0.4, 0.5) is 10.5 Å². The van der Waals surface area contributed by atoms with Crippen molar-refractivity contribution < 1.29 is 14.4 Å². The van der Waals surface area contributed by atoms with Gasteiger partial charge in [-0.2, -0.15) is 0 Å². The molecule has 202 valence electrons. The van der Waals surface area contributed by atoms with Gasteiger partial charge in [0.15, 0.2) is 0 Å². The van der Waals surface area contributed by atoms with Gasteiger partial charge in [-0.05, 0) is 66.8 Å². The molecule has 0 spiro atoms. The Morgan fingerprint density at radius 3 is 2.40 bits per heavy atom. The van der Waals surface area contributed by atoms with E-state index in [0.29, 0.717) is 17.7 Å². The summed E-state index contributed by atoms with van der Waals surface area (Å²) < 4.78 is 0. The minimum absolute atomic E-state index is 0.111. The number of carbonyl (C=O) groups is 3. The molecule has 2 aliphatic heterocycles. The van der Waals surface area contributed by atoms with E-state index in [0.717, 1.165) is 59.0 Å². The van der Waals surface area contributed by atoms with Gasteiger partial charge in [0.05, 0.1) is 5.69 Å². The predicted octanol–water partition coefficient (Wildman–Crippen LogP) is 6.02. The van der Waals surface area contributed by atoms with E-state index in [4.69, 9.17) is 0 Å². The van der Waals surface area contributed by atoms with Gasteiger partial charge in [-0.15, -0.1) is 0 Å². The monoisotopic (exact) mass is 532 g/mol. The summed E-state index contributed by atoms with van der Waals surface area (Å²) in [7, 11) is 0. The van der Waals surface area contributed by atoms with Crippen LogP contribution in [0.3, 0.4) is 0 Å². The molecule has 0 radical (unpaired) electrons. The predicted molar refractivity (Wildman–Crippen MR) is 154 cm³/mol. The number of benzene rings is 3. The Morgan fingerprint density at radius 1 is 0.900 bits per heavy atom. The van der Waals surface area contributed by atoms with Crippen molar-refractivity contribution in [3.63, 3.8) is 0 Å². The molecular formula is C33H32N4O3. The number of hydrogen-bond donors (Lipinski definition) is 2. The number of urea groups is 1. The molecule has 7 nitrogen and oxygen atoms in total. The van der Waals surface area contributed by atoms with Gasteiger partial charge in [-0.1, -0.05) is 61.7 Å². The highest BCUT2D eigenvalue weighted by Gasteiger charge is 2.53. The fourth-order valence-corrected chi connectivity index (χ4v) is 6.81. The number of para-hydroxylation sites is 1. The maximum absolute atomic E-state index is 14.1. The largest absolute Gasteiger partial charge is 0.356 e. The molecule has 1 aliphatic carbocycles. The number of H-pyrrole nitrogens is 1. The number of imide groups is 1. The zero-order chi connectivity index (χ0) is 27.4. The molecule has 2 atom stereocenters. The molecule has 4 amide bonds. The van der Waals surface area contributed by atoms with Crippen molar-refractivity contribution >= 4 is 34.4 Å². The lowest BCUT2D eigenvalue weighted by molar-refractivity contribution is -0.120. The van der Waals surface area contributed by atoms with Crippen molar-refractivity contribution in [1.82, 2.24) is 15.2 Å². The van der Waals surface area contributed by atoms with Crippen molar-refractivity contribution in [3.8, 4) is 0 Å². The van der Waals surface area contributed by atoms with E-state index >= 15 is 0 Å². The summed E-state index contributed by atoms with van der Waals surface area (Å²) in [5.41, 5.74) is 6.13. The van der Waals surface area contributed by atoms with Gasteiger partial charge >= 0.3 is 6.03 Å². The van der Waals surface area contributed by atoms with E-state index in [2.05, 4.69) is 16.4 Å². The molecular weight excluding hydrogens is 500 g/mol. The normalized spacial score (nSPS) is 21.0. The maximum atomic E-state index is 14.1. The van der Waals surface area contributed by atoms with Crippen LogP contribution < -0.4 is 10.2 Å². The van der Waals surface area contributed by atoms with E-state index < -0.39 is 12.1 Å². The van der Waals surface area contributed by atoms with E-state index in [1.165, 1.54) is 11.3 Å². The van der Waals surface area contributed by atoms with Gasteiger partial charge < -0.3 is 10.3 Å². The molecule has 7 heteroatoms. The van der Waals surface area contributed by atoms with Crippen molar-refractivity contribution in [1.29, 1.82) is 0 Å². The van der Waals surface area contributed by atoms with E-state index in [9.17, 15) is 14.4 Å². The van der Waals surface area contributed by atoms with Crippen LogP contribution in [0.15, 0.2) is 72.8 Å². The SMILES string of the molecule is Cc1ccccc1C1c2[nH]c3ccccc3c2CC2C(=O)N(c3ccc(C(=O)NC4CCCCC4)cc3)C(=O)N21. The Morgan fingerprint density at radius 2 is 1.62 bits per heavy atom. The molecule has 2 unspecified atom stereocenters. The zero-order valence-corrected chi connectivity index (χ0v) is 22.5. The number of aryl methyl sites for hydroxylation is 1. The highest BCUT2D eigenvalue weighted by atomic mass is 16.2. The van der Waals surface area contributed by atoms with Gasteiger partial charge in [0.1, 0.15) is 12.1 Å². The van der Waals surface area contributed by atoms with Crippen LogP contribution in [-0.2, 0) is 11.2 Å². The van der Waals surface area contributed by atoms with Crippen LogP contribution in [0.1, 0.15) is 70.9 Å². The quantitative estimate of drug-likeness (QED) is 0.315. The Balaban J connectivity index is 1.23. The topological polar surface area (TPSA) is 85.5 Å². The fourth-order valence-electron chi connectivity index (χ4n) is 6.81. The van der Waals surface area contributed by atoms with Crippen LogP contribution in [0.25, 0.3) is 10.9 Å². The van der Waals surface area contributed by atoms with Gasteiger partial charge in [-0.3, -0.25) is 14.5 Å². The van der Waals surface area contributed by atoms with Crippen LogP contribution in [0.5, 0.6) is 0 Å². The second kappa shape index (κ2) is 9.66. The fraction of sp³-hybridized carbons (Fsp3) is 0.303. The summed E-state index contributed by atoms with van der Waals surface area (Å²) >= 11 is 0. The number of amides is 4. The third kappa shape index (κ3) is 3.91. The van der Waals surface area contributed by atoms with E-state index in [-0.39, 0.29) is 23.9 Å². The minimum Gasteiger partial charge on any atom is -0.356 e. The number of carbonyl (C=O) groups excluding carboxylic acids is 3. The number of rotatable bonds is 4. The highest BCUT2D eigenvalue weighted by molar-refractivity contribution is 6.22. The van der Waals surface area contributed by atoms with Gasteiger partial charge in [-0.25, -0.2) is 9.69 Å². The number of fused-ring (bicyclic) bond motifs is 4. The second-order valence-corrected chi connectivity index (χ2v) is 11.3. The summed E-state index contributed by atoms with van der Waals surface area (Å²) in [5.74, 6) is -0.348. The van der Waals surface area contributed by atoms with Gasteiger partial charge in [0.25, 0.3) is 11.8 Å². The third-order valence-electron chi connectivity index (χ3n) is 8.86. The van der Waals surface area contributed by atoms with Crippen LogP contribution >= 0.6 is 0 Å². The van der Waals surface area contributed by atoms with Crippen LogP contribution in [0, 0.1) is 6.92 Å². The molecule has 3 heterocycles. The van der Waals surface area contributed by atoms with E-state index in [1.54, 1.807) is 29.2 Å². The number of nitrogens with zero attached hydrogens (tertiary/aromatic N) is 2. The zero-order valence-electron chi connectivity index (χ0n) is 22.5.